The highest BCUT2D eigenvalue weighted by molar-refractivity contribution is 5.35. The minimum Gasteiger partial charge on any atom is -0.497 e. The highest BCUT2D eigenvalue weighted by Crippen LogP contribution is 2.40. The van der Waals surface area contributed by atoms with E-state index < -0.39 is 0 Å². The summed E-state index contributed by atoms with van der Waals surface area (Å²) in [5.41, 5.74) is 2.96. The van der Waals surface area contributed by atoms with E-state index in [0.717, 1.165) is 12.3 Å². The van der Waals surface area contributed by atoms with Gasteiger partial charge < -0.3 is 4.74 Å². The van der Waals surface area contributed by atoms with E-state index in [1.165, 1.54) is 30.5 Å². The molecule has 0 saturated carbocycles. The Balaban J connectivity index is 1.84. The van der Waals surface area contributed by atoms with Gasteiger partial charge in [-0.15, -0.1) is 0 Å². The molecule has 0 amide bonds. The third-order valence-corrected chi connectivity index (χ3v) is 5.57. The molecule has 3 rings (SSSR count). The lowest BCUT2D eigenvalue weighted by Gasteiger charge is -2.47. The van der Waals surface area contributed by atoms with Crippen LogP contribution in [0.1, 0.15) is 37.8 Å². The molecular weight excluding hydrogens is 282 g/mol. The van der Waals surface area contributed by atoms with Crippen molar-refractivity contribution in [3.8, 4) is 5.75 Å². The SMILES string of the molecule is COc1cccc([C@@]2(C)CCCN(Cc3ccccc3)[C@@H]2C)c1. The molecule has 1 saturated heterocycles. The average Bonchev–Trinajstić information content (AvgIpc) is 2.60. The monoisotopic (exact) mass is 309 g/mol. The van der Waals surface area contributed by atoms with Gasteiger partial charge >= 0.3 is 0 Å². The highest BCUT2D eigenvalue weighted by Gasteiger charge is 2.39. The Morgan fingerprint density at radius 2 is 1.91 bits per heavy atom. The summed E-state index contributed by atoms with van der Waals surface area (Å²) in [5.74, 6) is 0.955. The number of rotatable bonds is 4. The van der Waals surface area contributed by atoms with Crippen molar-refractivity contribution in [2.45, 2.75) is 44.7 Å². The summed E-state index contributed by atoms with van der Waals surface area (Å²) < 4.78 is 5.43. The van der Waals surface area contributed by atoms with Crippen LogP contribution >= 0.6 is 0 Å². The smallest absolute Gasteiger partial charge is 0.119 e. The van der Waals surface area contributed by atoms with E-state index in [9.17, 15) is 0 Å². The fourth-order valence-corrected chi connectivity index (χ4v) is 3.85. The molecule has 0 bridgehead atoms. The molecule has 1 heterocycles. The van der Waals surface area contributed by atoms with Crippen LogP contribution in [0.5, 0.6) is 5.75 Å². The van der Waals surface area contributed by atoms with Crippen molar-refractivity contribution in [3.05, 3.63) is 65.7 Å². The third-order valence-electron chi connectivity index (χ3n) is 5.57. The summed E-state index contributed by atoms with van der Waals surface area (Å²) in [4.78, 5) is 2.62. The predicted octanol–water partition coefficient (Wildman–Crippen LogP) is 4.64. The Morgan fingerprint density at radius 1 is 1.13 bits per heavy atom. The first-order chi connectivity index (χ1) is 11.1. The van der Waals surface area contributed by atoms with Gasteiger partial charge in [0, 0.05) is 18.0 Å². The molecule has 2 atom stereocenters. The zero-order chi connectivity index (χ0) is 16.3. The lowest BCUT2D eigenvalue weighted by atomic mass is 9.70. The molecule has 23 heavy (non-hydrogen) atoms. The Kier molecular flexibility index (Phi) is 4.72. The fourth-order valence-electron chi connectivity index (χ4n) is 3.85. The Hall–Kier alpha value is -1.80. The second-order valence-electron chi connectivity index (χ2n) is 6.89. The molecule has 1 fully saturated rings. The molecule has 0 spiro atoms. The first kappa shape index (κ1) is 16.1. The first-order valence-corrected chi connectivity index (χ1v) is 8.56. The Labute approximate surface area is 140 Å². The van der Waals surface area contributed by atoms with Gasteiger partial charge in [0.2, 0.25) is 0 Å². The summed E-state index contributed by atoms with van der Waals surface area (Å²) in [7, 11) is 1.74. The third kappa shape index (κ3) is 3.28. The zero-order valence-corrected chi connectivity index (χ0v) is 14.5. The molecule has 1 aliphatic heterocycles. The van der Waals surface area contributed by atoms with E-state index in [1.54, 1.807) is 7.11 Å². The number of benzene rings is 2. The minimum atomic E-state index is 0.168. The van der Waals surface area contributed by atoms with Crippen molar-refractivity contribution in [2.24, 2.45) is 0 Å². The Morgan fingerprint density at radius 3 is 2.65 bits per heavy atom. The summed E-state index contributed by atoms with van der Waals surface area (Å²) >= 11 is 0. The maximum atomic E-state index is 5.43. The lowest BCUT2D eigenvalue weighted by molar-refractivity contribution is 0.0804. The van der Waals surface area contributed by atoms with Gasteiger partial charge in [-0.1, -0.05) is 49.4 Å². The predicted molar refractivity (Wildman–Crippen MR) is 95.9 cm³/mol. The van der Waals surface area contributed by atoms with Crippen molar-refractivity contribution < 1.29 is 4.74 Å². The van der Waals surface area contributed by atoms with E-state index in [2.05, 4.69) is 67.3 Å². The van der Waals surface area contributed by atoms with Crippen LogP contribution in [0.15, 0.2) is 54.6 Å². The number of hydrogen-bond donors (Lipinski definition) is 0. The quantitative estimate of drug-likeness (QED) is 0.816. The summed E-state index contributed by atoms with van der Waals surface area (Å²) in [5, 5.41) is 0. The summed E-state index contributed by atoms with van der Waals surface area (Å²) in [6, 6.07) is 19.9. The highest BCUT2D eigenvalue weighted by atomic mass is 16.5. The maximum absolute atomic E-state index is 5.43. The number of nitrogens with zero attached hydrogens (tertiary/aromatic N) is 1. The van der Waals surface area contributed by atoms with Crippen LogP contribution in [0.2, 0.25) is 0 Å². The van der Waals surface area contributed by atoms with E-state index >= 15 is 0 Å². The molecular formula is C21H27NO. The van der Waals surface area contributed by atoms with Gasteiger partial charge in [-0.3, -0.25) is 4.90 Å². The van der Waals surface area contributed by atoms with Gasteiger partial charge in [-0.05, 0) is 49.6 Å². The molecule has 2 aromatic rings. The molecule has 0 aromatic heterocycles. The zero-order valence-electron chi connectivity index (χ0n) is 14.5. The van der Waals surface area contributed by atoms with Gasteiger partial charge in [0.25, 0.3) is 0 Å². The molecule has 2 heteroatoms. The molecule has 122 valence electrons. The molecule has 2 nitrogen and oxygen atoms in total. The van der Waals surface area contributed by atoms with Crippen LogP contribution in [0.3, 0.4) is 0 Å². The topological polar surface area (TPSA) is 12.5 Å². The molecule has 1 aliphatic rings. The largest absolute Gasteiger partial charge is 0.497 e. The summed E-state index contributed by atoms with van der Waals surface area (Å²) in [6.07, 6.45) is 2.47. The number of likely N-dealkylation sites (tertiary alicyclic amines) is 1. The van der Waals surface area contributed by atoms with Crippen LogP contribution in [-0.4, -0.2) is 24.6 Å². The standard InChI is InChI=1S/C21H27NO/c1-17-21(2,19-11-7-12-20(15-19)23-3)13-8-14-22(17)16-18-9-5-4-6-10-18/h4-7,9-12,15,17H,8,13-14,16H2,1-3H3/t17-,21+/m1/s1. The van der Waals surface area contributed by atoms with Crippen LogP contribution in [0.4, 0.5) is 0 Å². The van der Waals surface area contributed by atoms with Crippen molar-refractivity contribution in [2.75, 3.05) is 13.7 Å². The van der Waals surface area contributed by atoms with Crippen LogP contribution in [0, 0.1) is 0 Å². The van der Waals surface area contributed by atoms with E-state index in [0.29, 0.717) is 6.04 Å². The minimum absolute atomic E-state index is 0.168. The molecule has 0 radical (unpaired) electrons. The summed E-state index contributed by atoms with van der Waals surface area (Å²) in [6.45, 7) is 6.99. The van der Waals surface area contributed by atoms with Crippen molar-refractivity contribution in [1.29, 1.82) is 0 Å². The van der Waals surface area contributed by atoms with Crippen molar-refractivity contribution in [1.82, 2.24) is 4.90 Å². The number of ether oxygens (including phenoxy) is 1. The number of hydrogen-bond acceptors (Lipinski definition) is 2. The van der Waals surface area contributed by atoms with Gasteiger partial charge in [0.05, 0.1) is 7.11 Å². The maximum Gasteiger partial charge on any atom is 0.119 e. The van der Waals surface area contributed by atoms with E-state index in [-0.39, 0.29) is 5.41 Å². The van der Waals surface area contributed by atoms with Crippen molar-refractivity contribution >= 4 is 0 Å². The number of piperidine rings is 1. The van der Waals surface area contributed by atoms with Crippen molar-refractivity contribution in [3.63, 3.8) is 0 Å². The van der Waals surface area contributed by atoms with Gasteiger partial charge in [0.1, 0.15) is 5.75 Å². The Bertz CT molecular complexity index is 639. The van der Waals surface area contributed by atoms with Gasteiger partial charge in [-0.25, -0.2) is 0 Å². The molecule has 0 aliphatic carbocycles. The lowest BCUT2D eigenvalue weighted by Crippen LogP contribution is -2.51. The van der Waals surface area contributed by atoms with Crippen LogP contribution < -0.4 is 4.74 Å². The normalized spacial score (nSPS) is 25.3. The van der Waals surface area contributed by atoms with Gasteiger partial charge in [0.15, 0.2) is 0 Å². The average molecular weight is 309 g/mol. The van der Waals surface area contributed by atoms with Crippen LogP contribution in [0.25, 0.3) is 0 Å². The van der Waals surface area contributed by atoms with Crippen LogP contribution in [-0.2, 0) is 12.0 Å². The molecule has 2 aromatic carbocycles. The second kappa shape index (κ2) is 6.76. The second-order valence-corrected chi connectivity index (χ2v) is 6.89. The van der Waals surface area contributed by atoms with E-state index in [4.69, 9.17) is 4.74 Å². The molecule has 0 N–H and O–H groups in total. The van der Waals surface area contributed by atoms with Gasteiger partial charge in [-0.2, -0.15) is 0 Å². The fraction of sp³-hybridized carbons (Fsp3) is 0.429. The van der Waals surface area contributed by atoms with E-state index in [1.807, 2.05) is 6.07 Å². The molecule has 0 unspecified atom stereocenters. The number of methoxy groups -OCH3 is 1. The first-order valence-electron chi connectivity index (χ1n) is 8.56.